The SMILES string of the molecule is O=C(NCC#Cc1ccccc1F)NCCCc1ccccc1. The van der Waals surface area contributed by atoms with Crippen LogP contribution in [-0.4, -0.2) is 19.1 Å². The second-order valence-electron chi connectivity index (χ2n) is 4.98. The van der Waals surface area contributed by atoms with Crippen molar-refractivity contribution in [3.8, 4) is 11.8 Å². The number of halogens is 1. The molecule has 0 fully saturated rings. The van der Waals surface area contributed by atoms with E-state index in [-0.39, 0.29) is 18.4 Å². The Kier molecular flexibility index (Phi) is 6.67. The van der Waals surface area contributed by atoms with E-state index in [0.717, 1.165) is 12.8 Å². The highest BCUT2D eigenvalue weighted by Gasteiger charge is 1.98. The zero-order valence-electron chi connectivity index (χ0n) is 12.8. The third kappa shape index (κ3) is 6.23. The number of rotatable bonds is 5. The van der Waals surface area contributed by atoms with Crippen molar-refractivity contribution in [2.75, 3.05) is 13.1 Å². The molecule has 2 N–H and O–H groups in total. The summed E-state index contributed by atoms with van der Waals surface area (Å²) in [6.07, 6.45) is 1.80. The summed E-state index contributed by atoms with van der Waals surface area (Å²) >= 11 is 0. The van der Waals surface area contributed by atoms with E-state index in [1.165, 1.54) is 11.6 Å². The summed E-state index contributed by atoms with van der Waals surface area (Å²) in [5, 5.41) is 5.40. The van der Waals surface area contributed by atoms with Gasteiger partial charge in [0.15, 0.2) is 0 Å². The second-order valence-corrected chi connectivity index (χ2v) is 4.98. The lowest BCUT2D eigenvalue weighted by atomic mass is 10.1. The highest BCUT2D eigenvalue weighted by molar-refractivity contribution is 5.74. The number of hydrogen-bond acceptors (Lipinski definition) is 1. The molecule has 2 aromatic rings. The van der Waals surface area contributed by atoms with Gasteiger partial charge in [0.2, 0.25) is 0 Å². The van der Waals surface area contributed by atoms with E-state index in [2.05, 4.69) is 34.6 Å². The predicted octanol–water partition coefficient (Wildman–Crippen LogP) is 3.11. The maximum Gasteiger partial charge on any atom is 0.315 e. The maximum atomic E-state index is 13.3. The van der Waals surface area contributed by atoms with E-state index in [9.17, 15) is 9.18 Å². The summed E-state index contributed by atoms with van der Waals surface area (Å²) in [6.45, 7) is 0.778. The van der Waals surface area contributed by atoms with E-state index in [1.54, 1.807) is 18.2 Å². The molecule has 3 nitrogen and oxygen atoms in total. The molecular weight excluding hydrogens is 291 g/mol. The van der Waals surface area contributed by atoms with Gasteiger partial charge in [0.05, 0.1) is 12.1 Å². The minimum absolute atomic E-state index is 0.179. The minimum atomic E-state index is -0.356. The Labute approximate surface area is 135 Å². The molecule has 23 heavy (non-hydrogen) atoms. The van der Waals surface area contributed by atoms with Crippen LogP contribution in [0.5, 0.6) is 0 Å². The van der Waals surface area contributed by atoms with E-state index in [1.807, 2.05) is 18.2 Å². The monoisotopic (exact) mass is 310 g/mol. The molecule has 0 aliphatic rings. The molecule has 0 spiro atoms. The highest BCUT2D eigenvalue weighted by atomic mass is 19.1. The van der Waals surface area contributed by atoms with Gasteiger partial charge in [-0.05, 0) is 30.5 Å². The quantitative estimate of drug-likeness (QED) is 0.646. The van der Waals surface area contributed by atoms with Gasteiger partial charge in [0.25, 0.3) is 0 Å². The van der Waals surface area contributed by atoms with Gasteiger partial charge >= 0.3 is 6.03 Å². The fraction of sp³-hybridized carbons (Fsp3) is 0.211. The topological polar surface area (TPSA) is 41.1 Å². The summed E-state index contributed by atoms with van der Waals surface area (Å²) in [6, 6.07) is 16.2. The van der Waals surface area contributed by atoms with Crippen LogP contribution in [0.15, 0.2) is 54.6 Å². The van der Waals surface area contributed by atoms with Gasteiger partial charge in [0, 0.05) is 6.54 Å². The third-order valence-corrected chi connectivity index (χ3v) is 3.20. The minimum Gasteiger partial charge on any atom is -0.338 e. The molecule has 2 aromatic carbocycles. The number of hydrogen-bond donors (Lipinski definition) is 2. The molecule has 2 amide bonds. The van der Waals surface area contributed by atoms with Crippen molar-refractivity contribution in [3.05, 3.63) is 71.5 Å². The first kappa shape index (κ1) is 16.6. The van der Waals surface area contributed by atoms with Crippen LogP contribution in [0.4, 0.5) is 9.18 Å². The standard InChI is InChI=1S/C19H19FN2O/c20-18-13-5-4-11-17(18)12-7-15-22-19(23)21-14-6-10-16-8-2-1-3-9-16/h1-5,8-9,11,13H,6,10,14-15H2,(H2,21,22,23). The van der Waals surface area contributed by atoms with Crippen LogP contribution in [0.2, 0.25) is 0 Å². The first-order valence-corrected chi connectivity index (χ1v) is 7.55. The fourth-order valence-corrected chi connectivity index (χ4v) is 2.03. The molecular formula is C19H19FN2O. The van der Waals surface area contributed by atoms with E-state index < -0.39 is 0 Å². The number of carbonyl (C=O) groups excluding carboxylic acids is 1. The van der Waals surface area contributed by atoms with Crippen LogP contribution in [0, 0.1) is 17.7 Å². The second kappa shape index (κ2) is 9.26. The lowest BCUT2D eigenvalue weighted by Gasteiger charge is -2.05. The maximum absolute atomic E-state index is 13.3. The molecule has 0 aromatic heterocycles. The van der Waals surface area contributed by atoms with Crippen molar-refractivity contribution in [1.82, 2.24) is 10.6 Å². The van der Waals surface area contributed by atoms with Gasteiger partial charge in [-0.2, -0.15) is 0 Å². The van der Waals surface area contributed by atoms with E-state index in [0.29, 0.717) is 12.1 Å². The number of nitrogens with one attached hydrogen (secondary N) is 2. The molecule has 0 saturated heterocycles. The summed E-state index contributed by atoms with van der Waals surface area (Å²) in [4.78, 5) is 11.6. The van der Waals surface area contributed by atoms with Gasteiger partial charge in [0.1, 0.15) is 5.82 Å². The Bertz CT molecular complexity index is 689. The van der Waals surface area contributed by atoms with Crippen molar-refractivity contribution in [2.24, 2.45) is 0 Å². The Morgan fingerprint density at radius 1 is 1.00 bits per heavy atom. The number of benzene rings is 2. The first-order chi connectivity index (χ1) is 11.3. The first-order valence-electron chi connectivity index (χ1n) is 7.55. The molecule has 0 atom stereocenters. The van der Waals surface area contributed by atoms with Gasteiger partial charge < -0.3 is 10.6 Å². The van der Waals surface area contributed by atoms with Crippen LogP contribution >= 0.6 is 0 Å². The Morgan fingerprint density at radius 3 is 2.52 bits per heavy atom. The molecule has 2 rings (SSSR count). The number of amides is 2. The summed E-state index contributed by atoms with van der Waals surface area (Å²) in [5.74, 6) is 5.06. The van der Waals surface area contributed by atoms with Gasteiger partial charge in [-0.1, -0.05) is 54.3 Å². The molecule has 0 aliphatic heterocycles. The molecule has 0 saturated carbocycles. The molecule has 0 aliphatic carbocycles. The zero-order chi connectivity index (χ0) is 16.3. The lowest BCUT2D eigenvalue weighted by molar-refractivity contribution is 0.242. The van der Waals surface area contributed by atoms with Crippen LogP contribution in [0.3, 0.4) is 0 Å². The highest BCUT2D eigenvalue weighted by Crippen LogP contribution is 2.03. The van der Waals surface area contributed by atoms with Crippen LogP contribution in [0.25, 0.3) is 0 Å². The zero-order valence-corrected chi connectivity index (χ0v) is 12.8. The Hall–Kier alpha value is -2.80. The molecule has 0 unspecified atom stereocenters. The smallest absolute Gasteiger partial charge is 0.315 e. The van der Waals surface area contributed by atoms with Crippen molar-refractivity contribution in [3.63, 3.8) is 0 Å². The van der Waals surface area contributed by atoms with Crippen LogP contribution < -0.4 is 10.6 Å². The number of aryl methyl sites for hydroxylation is 1. The largest absolute Gasteiger partial charge is 0.338 e. The molecule has 118 valence electrons. The number of urea groups is 1. The van der Waals surface area contributed by atoms with E-state index >= 15 is 0 Å². The Morgan fingerprint density at radius 2 is 1.74 bits per heavy atom. The molecule has 0 heterocycles. The summed E-state index contributed by atoms with van der Waals surface area (Å²) < 4.78 is 13.3. The molecule has 0 radical (unpaired) electrons. The summed E-state index contributed by atoms with van der Waals surface area (Å²) in [5.41, 5.74) is 1.59. The van der Waals surface area contributed by atoms with Crippen molar-refractivity contribution < 1.29 is 9.18 Å². The lowest BCUT2D eigenvalue weighted by Crippen LogP contribution is -2.36. The average Bonchev–Trinajstić information content (AvgIpc) is 2.58. The summed E-state index contributed by atoms with van der Waals surface area (Å²) in [7, 11) is 0. The van der Waals surface area contributed by atoms with Crippen molar-refractivity contribution in [1.29, 1.82) is 0 Å². The van der Waals surface area contributed by atoms with Gasteiger partial charge in [-0.25, -0.2) is 9.18 Å². The molecule has 0 bridgehead atoms. The average molecular weight is 310 g/mol. The van der Waals surface area contributed by atoms with Gasteiger partial charge in [-0.15, -0.1) is 0 Å². The van der Waals surface area contributed by atoms with Crippen molar-refractivity contribution in [2.45, 2.75) is 12.8 Å². The Balaban J connectivity index is 1.61. The molecule has 4 heteroatoms. The van der Waals surface area contributed by atoms with Crippen LogP contribution in [-0.2, 0) is 6.42 Å². The van der Waals surface area contributed by atoms with Gasteiger partial charge in [-0.3, -0.25) is 0 Å². The number of carbonyl (C=O) groups is 1. The van der Waals surface area contributed by atoms with Crippen LogP contribution in [0.1, 0.15) is 17.5 Å². The van der Waals surface area contributed by atoms with E-state index in [4.69, 9.17) is 0 Å². The predicted molar refractivity (Wildman–Crippen MR) is 89.4 cm³/mol. The third-order valence-electron chi connectivity index (χ3n) is 3.20. The normalized spacial score (nSPS) is 9.61. The fourth-order valence-electron chi connectivity index (χ4n) is 2.03. The van der Waals surface area contributed by atoms with Crippen molar-refractivity contribution >= 4 is 6.03 Å².